The second-order valence-corrected chi connectivity index (χ2v) is 4.14. The molecule has 0 radical (unpaired) electrons. The van der Waals surface area contributed by atoms with Crippen LogP contribution in [0.4, 0.5) is 0 Å². The number of hydrogen-bond acceptors (Lipinski definition) is 5. The molecule has 0 unspecified atom stereocenters. The third-order valence-corrected chi connectivity index (χ3v) is 3.02. The van der Waals surface area contributed by atoms with Gasteiger partial charge in [-0.3, -0.25) is 4.79 Å². The minimum Gasteiger partial charge on any atom is -0.364 e. The molecule has 0 saturated carbocycles. The maximum Gasteiger partial charge on any atom is 0.268 e. The lowest BCUT2D eigenvalue weighted by molar-refractivity contribution is 0.0996. The monoisotopic (exact) mass is 274 g/mol. The fourth-order valence-corrected chi connectivity index (χ4v) is 2.16. The number of rotatable bonds is 2. The fraction of sp³-hybridized carbons (Fsp3) is 0. The summed E-state index contributed by atoms with van der Waals surface area (Å²) in [6, 6.07) is 7.15. The molecule has 0 bridgehead atoms. The summed E-state index contributed by atoms with van der Waals surface area (Å²) in [5.74, 6) is -0.524. The van der Waals surface area contributed by atoms with Crippen LogP contribution in [0.3, 0.4) is 0 Å². The van der Waals surface area contributed by atoms with Crippen molar-refractivity contribution < 1.29 is 4.79 Å². The van der Waals surface area contributed by atoms with Crippen LogP contribution in [0.2, 0.25) is 5.02 Å². The number of carbonyl (C=O) groups excluding carboxylic acids is 1. The first kappa shape index (κ1) is 11.5. The van der Waals surface area contributed by atoms with E-state index in [0.29, 0.717) is 15.9 Å². The van der Waals surface area contributed by atoms with Crippen molar-refractivity contribution in [1.82, 2.24) is 25.6 Å². The van der Waals surface area contributed by atoms with Crippen LogP contribution in [0.5, 0.6) is 0 Å². The quantitative estimate of drug-likeness (QED) is 0.729. The maximum atomic E-state index is 11.5. The van der Waals surface area contributed by atoms with Crippen LogP contribution in [0, 0.1) is 0 Å². The predicted molar refractivity (Wildman–Crippen MR) is 68.4 cm³/mol. The van der Waals surface area contributed by atoms with Crippen LogP contribution in [0.25, 0.3) is 22.3 Å². The normalized spacial score (nSPS) is 10.8. The van der Waals surface area contributed by atoms with E-state index in [1.165, 1.54) is 0 Å². The van der Waals surface area contributed by atoms with Crippen molar-refractivity contribution in [1.29, 1.82) is 0 Å². The lowest BCUT2D eigenvalue weighted by Gasteiger charge is -2.08. The standard InChI is InChI=1S/C11H7ClN6O/c12-8-5-3-1-2-4-6(5)14-9(10(13)19)7(8)11-15-17-18-16-11/h1-4H,(H2,13,19)(H,15,16,17,18). The number of pyridine rings is 1. The Morgan fingerprint density at radius 3 is 2.79 bits per heavy atom. The number of halogens is 1. The van der Waals surface area contributed by atoms with Gasteiger partial charge in [-0.15, -0.1) is 10.2 Å². The van der Waals surface area contributed by atoms with Crippen LogP contribution in [-0.4, -0.2) is 31.5 Å². The third-order valence-electron chi connectivity index (χ3n) is 2.63. The van der Waals surface area contributed by atoms with E-state index in [2.05, 4.69) is 25.6 Å². The van der Waals surface area contributed by atoms with Gasteiger partial charge in [-0.2, -0.15) is 5.21 Å². The summed E-state index contributed by atoms with van der Waals surface area (Å²) < 4.78 is 0. The molecule has 3 rings (SSSR count). The molecule has 3 aromatic rings. The summed E-state index contributed by atoms with van der Waals surface area (Å²) in [5.41, 5.74) is 6.21. The van der Waals surface area contributed by atoms with Crippen molar-refractivity contribution in [3.05, 3.63) is 35.0 Å². The van der Waals surface area contributed by atoms with Crippen LogP contribution in [0.15, 0.2) is 24.3 Å². The molecule has 0 saturated heterocycles. The molecule has 2 heterocycles. The van der Waals surface area contributed by atoms with Crippen molar-refractivity contribution in [3.8, 4) is 11.4 Å². The molecule has 19 heavy (non-hydrogen) atoms. The van der Waals surface area contributed by atoms with Gasteiger partial charge in [0, 0.05) is 5.39 Å². The van der Waals surface area contributed by atoms with Gasteiger partial charge in [-0.05, 0) is 11.3 Å². The van der Waals surface area contributed by atoms with Crippen molar-refractivity contribution in [3.63, 3.8) is 0 Å². The highest BCUT2D eigenvalue weighted by molar-refractivity contribution is 6.38. The number of nitrogens with two attached hydrogens (primary N) is 1. The van der Waals surface area contributed by atoms with Crippen LogP contribution < -0.4 is 5.73 Å². The Morgan fingerprint density at radius 2 is 2.11 bits per heavy atom. The van der Waals surface area contributed by atoms with Crippen molar-refractivity contribution in [2.24, 2.45) is 5.73 Å². The van der Waals surface area contributed by atoms with Crippen molar-refractivity contribution in [2.45, 2.75) is 0 Å². The van der Waals surface area contributed by atoms with Crippen molar-refractivity contribution in [2.75, 3.05) is 0 Å². The number of H-pyrrole nitrogens is 1. The molecule has 8 heteroatoms. The third kappa shape index (κ3) is 1.80. The summed E-state index contributed by atoms with van der Waals surface area (Å²) in [6.45, 7) is 0. The molecule has 0 aliphatic heterocycles. The van der Waals surface area contributed by atoms with E-state index in [-0.39, 0.29) is 17.1 Å². The number of primary amides is 1. The molecule has 94 valence electrons. The first-order chi connectivity index (χ1) is 9.18. The number of amides is 1. The summed E-state index contributed by atoms with van der Waals surface area (Å²) in [4.78, 5) is 15.7. The molecular weight excluding hydrogens is 268 g/mol. The molecule has 1 amide bonds. The average molecular weight is 275 g/mol. The number of nitrogens with one attached hydrogen (secondary N) is 1. The molecule has 0 atom stereocenters. The smallest absolute Gasteiger partial charge is 0.268 e. The lowest BCUT2D eigenvalue weighted by Crippen LogP contribution is -2.15. The molecular formula is C11H7ClN6O. The number of aromatic nitrogens is 5. The summed E-state index contributed by atoms with van der Waals surface area (Å²) >= 11 is 6.31. The zero-order valence-corrected chi connectivity index (χ0v) is 10.2. The van der Waals surface area contributed by atoms with Gasteiger partial charge >= 0.3 is 0 Å². The van der Waals surface area contributed by atoms with Gasteiger partial charge in [-0.25, -0.2) is 4.98 Å². The van der Waals surface area contributed by atoms with Crippen LogP contribution >= 0.6 is 11.6 Å². The van der Waals surface area contributed by atoms with E-state index in [9.17, 15) is 4.79 Å². The Kier molecular flexibility index (Phi) is 2.60. The van der Waals surface area contributed by atoms with E-state index in [0.717, 1.165) is 0 Å². The van der Waals surface area contributed by atoms with Gasteiger partial charge < -0.3 is 5.73 Å². The fourth-order valence-electron chi connectivity index (χ4n) is 1.82. The molecule has 0 spiro atoms. The first-order valence-electron chi connectivity index (χ1n) is 5.30. The topological polar surface area (TPSA) is 110 Å². The van der Waals surface area contributed by atoms with E-state index in [1.807, 2.05) is 6.07 Å². The number of aromatic amines is 1. The highest BCUT2D eigenvalue weighted by atomic mass is 35.5. The largest absolute Gasteiger partial charge is 0.364 e. The highest BCUT2D eigenvalue weighted by Crippen LogP contribution is 2.33. The van der Waals surface area contributed by atoms with Gasteiger partial charge in [0.1, 0.15) is 5.69 Å². The Bertz CT molecular complexity index is 770. The van der Waals surface area contributed by atoms with E-state index in [1.54, 1.807) is 18.2 Å². The zero-order chi connectivity index (χ0) is 13.4. The molecule has 3 N–H and O–H groups in total. The SMILES string of the molecule is NC(=O)c1nc2ccccc2c(Cl)c1-c1nn[nH]n1. The molecule has 2 aromatic heterocycles. The number of tetrazole rings is 1. The minimum absolute atomic E-state index is 0.0186. The van der Waals surface area contributed by atoms with E-state index < -0.39 is 5.91 Å². The Labute approximate surface area is 111 Å². The summed E-state index contributed by atoms with van der Waals surface area (Å²) in [6.07, 6.45) is 0. The highest BCUT2D eigenvalue weighted by Gasteiger charge is 2.21. The van der Waals surface area contributed by atoms with E-state index in [4.69, 9.17) is 17.3 Å². The maximum absolute atomic E-state index is 11.5. The molecule has 0 aliphatic carbocycles. The predicted octanol–water partition coefficient (Wildman–Crippen LogP) is 1.17. The Balaban J connectivity index is 2.44. The Hall–Kier alpha value is -2.54. The molecule has 0 fully saturated rings. The van der Waals surface area contributed by atoms with Crippen LogP contribution in [-0.2, 0) is 0 Å². The number of hydrogen-bond donors (Lipinski definition) is 2. The second kappa shape index (κ2) is 4.29. The van der Waals surface area contributed by atoms with Gasteiger partial charge in [0.05, 0.1) is 16.1 Å². The number of para-hydroxylation sites is 1. The van der Waals surface area contributed by atoms with Gasteiger partial charge in [-0.1, -0.05) is 29.8 Å². The molecule has 0 aliphatic rings. The number of carbonyl (C=O) groups is 1. The zero-order valence-electron chi connectivity index (χ0n) is 9.46. The molecule has 7 nitrogen and oxygen atoms in total. The summed E-state index contributed by atoms with van der Waals surface area (Å²) in [7, 11) is 0. The van der Waals surface area contributed by atoms with Gasteiger partial charge in [0.25, 0.3) is 5.91 Å². The van der Waals surface area contributed by atoms with Gasteiger partial charge in [0.15, 0.2) is 0 Å². The van der Waals surface area contributed by atoms with Gasteiger partial charge in [0.2, 0.25) is 5.82 Å². The van der Waals surface area contributed by atoms with E-state index >= 15 is 0 Å². The average Bonchev–Trinajstić information content (AvgIpc) is 2.92. The second-order valence-electron chi connectivity index (χ2n) is 3.77. The molecule has 1 aromatic carbocycles. The summed E-state index contributed by atoms with van der Waals surface area (Å²) in [5, 5.41) is 14.4. The minimum atomic E-state index is -0.701. The lowest BCUT2D eigenvalue weighted by atomic mass is 10.1. The Morgan fingerprint density at radius 1 is 1.32 bits per heavy atom. The number of fused-ring (bicyclic) bond motifs is 1. The first-order valence-corrected chi connectivity index (χ1v) is 5.68. The van der Waals surface area contributed by atoms with Crippen LogP contribution in [0.1, 0.15) is 10.5 Å². The number of benzene rings is 1. The van der Waals surface area contributed by atoms with Crippen molar-refractivity contribution >= 4 is 28.4 Å². The number of nitrogens with zero attached hydrogens (tertiary/aromatic N) is 4.